The van der Waals surface area contributed by atoms with Crippen LogP contribution >= 0.6 is 0 Å². The summed E-state index contributed by atoms with van der Waals surface area (Å²) in [6.07, 6.45) is 1.05. The molecule has 0 unspecified atom stereocenters. The monoisotopic (exact) mass is 313 g/mol. The topological polar surface area (TPSA) is 83.8 Å². The van der Waals surface area contributed by atoms with Crippen LogP contribution in [0.4, 0.5) is 11.4 Å². The van der Waals surface area contributed by atoms with Crippen LogP contribution in [-0.2, 0) is 9.84 Å². The minimum atomic E-state index is -3.45. The molecule has 0 aliphatic carbocycles. The molecule has 1 aromatic carbocycles. The van der Waals surface area contributed by atoms with E-state index in [-0.39, 0.29) is 10.6 Å². The molecule has 8 heteroatoms. The standard InChI is InChI=1S/C13H19N3O4S/c1-3-14-6-8-15(9-7-14)12-5-4-11(21(2,19)20)10-13(12)16(17)18/h4-5,10H,3,6-9H2,1-2H3. The number of anilines is 1. The Morgan fingerprint density at radius 3 is 2.33 bits per heavy atom. The average Bonchev–Trinajstić information content (AvgIpc) is 2.45. The van der Waals surface area contributed by atoms with Gasteiger partial charge in [0.1, 0.15) is 5.69 Å². The highest BCUT2D eigenvalue weighted by Gasteiger charge is 2.25. The van der Waals surface area contributed by atoms with E-state index in [2.05, 4.69) is 11.8 Å². The van der Waals surface area contributed by atoms with Gasteiger partial charge in [-0.25, -0.2) is 8.42 Å². The average molecular weight is 313 g/mol. The number of nitrogens with zero attached hydrogens (tertiary/aromatic N) is 3. The number of piperazine rings is 1. The van der Waals surface area contributed by atoms with Crippen molar-refractivity contribution in [3.05, 3.63) is 28.3 Å². The predicted octanol–water partition coefficient (Wildman–Crippen LogP) is 1.14. The quantitative estimate of drug-likeness (QED) is 0.612. The number of likely N-dealkylation sites (N-methyl/N-ethyl adjacent to an activating group) is 1. The molecule has 7 nitrogen and oxygen atoms in total. The maximum Gasteiger partial charge on any atom is 0.293 e. The molecule has 1 saturated heterocycles. The number of nitro benzene ring substituents is 1. The SMILES string of the molecule is CCN1CCN(c2ccc(S(C)(=O)=O)cc2[N+](=O)[O-])CC1. The van der Waals surface area contributed by atoms with E-state index in [0.717, 1.165) is 32.0 Å². The summed E-state index contributed by atoms with van der Waals surface area (Å²) in [6.45, 7) is 6.14. The van der Waals surface area contributed by atoms with Crippen LogP contribution in [0.3, 0.4) is 0 Å². The highest BCUT2D eigenvalue weighted by Crippen LogP contribution is 2.31. The maximum absolute atomic E-state index is 11.5. The zero-order chi connectivity index (χ0) is 15.6. The van der Waals surface area contributed by atoms with Crippen LogP contribution in [0.2, 0.25) is 0 Å². The van der Waals surface area contributed by atoms with Gasteiger partial charge in [0.25, 0.3) is 5.69 Å². The highest BCUT2D eigenvalue weighted by atomic mass is 32.2. The first-order valence-corrected chi connectivity index (χ1v) is 8.68. The molecule has 1 aliphatic heterocycles. The van der Waals surface area contributed by atoms with Gasteiger partial charge in [0.05, 0.1) is 9.82 Å². The summed E-state index contributed by atoms with van der Waals surface area (Å²) < 4.78 is 23.1. The Balaban J connectivity index is 2.34. The molecular weight excluding hydrogens is 294 g/mol. The van der Waals surface area contributed by atoms with E-state index >= 15 is 0 Å². The van der Waals surface area contributed by atoms with E-state index in [1.54, 1.807) is 0 Å². The summed E-state index contributed by atoms with van der Waals surface area (Å²) in [7, 11) is -3.45. The molecule has 0 spiro atoms. The van der Waals surface area contributed by atoms with Crippen LogP contribution in [0.1, 0.15) is 6.92 Å². The molecule has 1 fully saturated rings. The van der Waals surface area contributed by atoms with Crippen molar-refractivity contribution >= 4 is 21.2 Å². The van der Waals surface area contributed by atoms with Crippen LogP contribution in [-0.4, -0.2) is 57.2 Å². The lowest BCUT2D eigenvalue weighted by molar-refractivity contribution is -0.384. The van der Waals surface area contributed by atoms with Crippen LogP contribution in [0.15, 0.2) is 23.1 Å². The number of hydrogen-bond donors (Lipinski definition) is 0. The molecule has 0 atom stereocenters. The third kappa shape index (κ3) is 3.51. The van der Waals surface area contributed by atoms with Gasteiger partial charge in [0.15, 0.2) is 9.84 Å². The Bertz CT molecular complexity index is 637. The molecule has 0 amide bonds. The smallest absolute Gasteiger partial charge is 0.293 e. The zero-order valence-corrected chi connectivity index (χ0v) is 13.0. The zero-order valence-electron chi connectivity index (χ0n) is 12.2. The van der Waals surface area contributed by atoms with Gasteiger partial charge in [-0.05, 0) is 18.7 Å². The number of benzene rings is 1. The molecule has 21 heavy (non-hydrogen) atoms. The summed E-state index contributed by atoms with van der Waals surface area (Å²) >= 11 is 0. The van der Waals surface area contributed by atoms with Crippen LogP contribution in [0, 0.1) is 10.1 Å². The second-order valence-electron chi connectivity index (χ2n) is 5.10. The molecule has 1 heterocycles. The largest absolute Gasteiger partial charge is 0.363 e. The number of hydrogen-bond acceptors (Lipinski definition) is 6. The summed E-state index contributed by atoms with van der Waals surface area (Å²) in [4.78, 5) is 14.9. The van der Waals surface area contributed by atoms with Crippen molar-refractivity contribution < 1.29 is 13.3 Å². The van der Waals surface area contributed by atoms with Crippen molar-refractivity contribution in [3.8, 4) is 0 Å². The van der Waals surface area contributed by atoms with Crippen molar-refractivity contribution in [3.63, 3.8) is 0 Å². The van der Waals surface area contributed by atoms with Gasteiger partial charge in [-0.2, -0.15) is 0 Å². The van der Waals surface area contributed by atoms with Gasteiger partial charge in [-0.3, -0.25) is 10.1 Å². The summed E-state index contributed by atoms with van der Waals surface area (Å²) in [6, 6.07) is 4.12. The highest BCUT2D eigenvalue weighted by molar-refractivity contribution is 7.90. The summed E-state index contributed by atoms with van der Waals surface area (Å²) in [5.41, 5.74) is 0.339. The number of rotatable bonds is 4. The van der Waals surface area contributed by atoms with Crippen LogP contribution in [0.25, 0.3) is 0 Å². The van der Waals surface area contributed by atoms with Gasteiger partial charge in [0.2, 0.25) is 0 Å². The first-order valence-electron chi connectivity index (χ1n) is 6.78. The lowest BCUT2D eigenvalue weighted by Gasteiger charge is -2.35. The fraction of sp³-hybridized carbons (Fsp3) is 0.538. The molecule has 0 N–H and O–H groups in total. The first kappa shape index (κ1) is 15.7. The molecule has 0 bridgehead atoms. The van der Waals surface area contributed by atoms with Crippen molar-refractivity contribution in [2.24, 2.45) is 0 Å². The van der Waals surface area contributed by atoms with Gasteiger partial charge >= 0.3 is 0 Å². The van der Waals surface area contributed by atoms with Gasteiger partial charge < -0.3 is 9.80 Å². The molecule has 0 saturated carbocycles. The van der Waals surface area contributed by atoms with E-state index in [9.17, 15) is 18.5 Å². The molecule has 0 aromatic heterocycles. The first-order chi connectivity index (χ1) is 9.82. The second kappa shape index (κ2) is 5.98. The maximum atomic E-state index is 11.5. The number of nitro groups is 1. The van der Waals surface area contributed by atoms with Gasteiger partial charge in [0, 0.05) is 38.5 Å². The third-order valence-corrected chi connectivity index (χ3v) is 4.84. The van der Waals surface area contributed by atoms with Crippen molar-refractivity contribution in [2.45, 2.75) is 11.8 Å². The van der Waals surface area contributed by atoms with Crippen molar-refractivity contribution in [2.75, 3.05) is 43.9 Å². The Kier molecular flexibility index (Phi) is 4.48. The Morgan fingerprint density at radius 1 is 1.24 bits per heavy atom. The second-order valence-corrected chi connectivity index (χ2v) is 7.12. The molecule has 1 aliphatic rings. The van der Waals surface area contributed by atoms with Crippen molar-refractivity contribution in [1.29, 1.82) is 0 Å². The van der Waals surface area contributed by atoms with E-state index in [1.165, 1.54) is 12.1 Å². The van der Waals surface area contributed by atoms with Gasteiger partial charge in [-0.15, -0.1) is 0 Å². The molecule has 116 valence electrons. The Labute approximate surface area is 124 Å². The van der Waals surface area contributed by atoms with E-state index in [1.807, 2.05) is 4.90 Å². The lowest BCUT2D eigenvalue weighted by atomic mass is 10.2. The molecule has 2 rings (SSSR count). The lowest BCUT2D eigenvalue weighted by Crippen LogP contribution is -2.46. The fourth-order valence-corrected chi connectivity index (χ4v) is 3.09. The molecular formula is C13H19N3O4S. The van der Waals surface area contributed by atoms with Crippen molar-refractivity contribution in [1.82, 2.24) is 4.90 Å². The van der Waals surface area contributed by atoms with Crippen LogP contribution < -0.4 is 4.90 Å². The minimum Gasteiger partial charge on any atom is -0.363 e. The van der Waals surface area contributed by atoms with E-state index < -0.39 is 14.8 Å². The fourth-order valence-electron chi connectivity index (χ4n) is 2.45. The van der Waals surface area contributed by atoms with E-state index in [0.29, 0.717) is 18.8 Å². The minimum absolute atomic E-state index is 0.0230. The molecule has 0 radical (unpaired) electrons. The Hall–Kier alpha value is -1.67. The summed E-state index contributed by atoms with van der Waals surface area (Å²) in [5.74, 6) is 0. The summed E-state index contributed by atoms with van der Waals surface area (Å²) in [5, 5.41) is 11.2. The van der Waals surface area contributed by atoms with E-state index in [4.69, 9.17) is 0 Å². The number of sulfone groups is 1. The predicted molar refractivity (Wildman–Crippen MR) is 80.5 cm³/mol. The van der Waals surface area contributed by atoms with Crippen LogP contribution in [0.5, 0.6) is 0 Å². The Morgan fingerprint density at radius 2 is 1.86 bits per heavy atom. The molecule has 1 aromatic rings. The van der Waals surface area contributed by atoms with Gasteiger partial charge in [-0.1, -0.05) is 6.92 Å². The third-order valence-electron chi connectivity index (χ3n) is 3.73. The normalized spacial score (nSPS) is 17.0.